The zero-order chi connectivity index (χ0) is 16.3. The predicted octanol–water partition coefficient (Wildman–Crippen LogP) is 2.36. The van der Waals surface area contributed by atoms with Crippen LogP contribution in [0.25, 0.3) is 0 Å². The van der Waals surface area contributed by atoms with Crippen LogP contribution in [0, 0.1) is 5.92 Å². The lowest BCUT2D eigenvalue weighted by molar-refractivity contribution is 0.487. The highest BCUT2D eigenvalue weighted by molar-refractivity contribution is 4.57. The SMILES string of the molecule is CCNCCCNCCCCCNCCCNCC(C)CC. The molecule has 0 aliphatic heterocycles. The quantitative estimate of drug-likeness (QED) is 0.293. The van der Waals surface area contributed by atoms with Gasteiger partial charge in [-0.1, -0.05) is 33.6 Å². The van der Waals surface area contributed by atoms with Crippen LogP contribution in [0.1, 0.15) is 59.3 Å². The topological polar surface area (TPSA) is 48.1 Å². The van der Waals surface area contributed by atoms with E-state index in [4.69, 9.17) is 0 Å². The van der Waals surface area contributed by atoms with Crippen molar-refractivity contribution in [3.63, 3.8) is 0 Å². The standard InChI is InChI=1S/C18H42N4/c1-4-18(3)17-22-16-10-15-21-12-8-6-7-11-20-14-9-13-19-5-2/h18-22H,4-17H2,1-3H3. The fraction of sp³-hybridized carbons (Fsp3) is 1.00. The van der Waals surface area contributed by atoms with E-state index in [2.05, 4.69) is 42.0 Å². The van der Waals surface area contributed by atoms with Gasteiger partial charge in [0.1, 0.15) is 0 Å². The Balaban J connectivity index is 2.97. The molecular formula is C18H42N4. The van der Waals surface area contributed by atoms with Gasteiger partial charge in [0.2, 0.25) is 0 Å². The van der Waals surface area contributed by atoms with Crippen molar-refractivity contribution in [1.82, 2.24) is 21.3 Å². The Labute approximate surface area is 139 Å². The summed E-state index contributed by atoms with van der Waals surface area (Å²) in [6.45, 7) is 15.9. The first-order valence-electron chi connectivity index (χ1n) is 9.64. The molecule has 0 spiro atoms. The van der Waals surface area contributed by atoms with Gasteiger partial charge in [-0.05, 0) is 84.0 Å². The van der Waals surface area contributed by atoms with E-state index in [0.717, 1.165) is 45.2 Å². The van der Waals surface area contributed by atoms with Crippen molar-refractivity contribution in [2.24, 2.45) is 5.92 Å². The third-order valence-electron chi connectivity index (χ3n) is 4.06. The number of unbranched alkanes of at least 4 members (excludes halogenated alkanes) is 2. The van der Waals surface area contributed by atoms with Crippen molar-refractivity contribution in [3.05, 3.63) is 0 Å². The molecule has 0 aliphatic rings. The summed E-state index contributed by atoms with van der Waals surface area (Å²) in [5.41, 5.74) is 0. The van der Waals surface area contributed by atoms with Crippen LogP contribution in [0.3, 0.4) is 0 Å². The molecular weight excluding hydrogens is 272 g/mol. The molecule has 0 radical (unpaired) electrons. The average molecular weight is 315 g/mol. The maximum absolute atomic E-state index is 3.54. The summed E-state index contributed by atoms with van der Waals surface area (Å²) >= 11 is 0. The first-order chi connectivity index (χ1) is 10.8. The smallest absolute Gasteiger partial charge is 0.00232 e. The Morgan fingerprint density at radius 3 is 1.64 bits per heavy atom. The van der Waals surface area contributed by atoms with Crippen LogP contribution < -0.4 is 21.3 Å². The molecule has 4 nitrogen and oxygen atoms in total. The van der Waals surface area contributed by atoms with E-state index in [1.54, 1.807) is 0 Å². The summed E-state index contributed by atoms with van der Waals surface area (Å²) in [6.07, 6.45) is 7.69. The zero-order valence-corrected chi connectivity index (χ0v) is 15.5. The monoisotopic (exact) mass is 314 g/mol. The first kappa shape index (κ1) is 21.8. The molecule has 0 amide bonds. The molecule has 4 heteroatoms. The highest BCUT2D eigenvalue weighted by Crippen LogP contribution is 1.96. The minimum absolute atomic E-state index is 0.810. The summed E-state index contributed by atoms with van der Waals surface area (Å²) in [6, 6.07) is 0. The summed E-state index contributed by atoms with van der Waals surface area (Å²) in [4.78, 5) is 0. The van der Waals surface area contributed by atoms with Crippen molar-refractivity contribution < 1.29 is 0 Å². The second-order valence-electron chi connectivity index (χ2n) is 6.34. The molecule has 134 valence electrons. The summed E-state index contributed by atoms with van der Waals surface area (Å²) in [5.74, 6) is 0.810. The highest BCUT2D eigenvalue weighted by Gasteiger charge is 1.96. The van der Waals surface area contributed by atoms with Crippen LogP contribution in [0.15, 0.2) is 0 Å². The second kappa shape index (κ2) is 18.9. The van der Waals surface area contributed by atoms with Crippen molar-refractivity contribution in [1.29, 1.82) is 0 Å². The maximum Gasteiger partial charge on any atom is -0.00232 e. The average Bonchev–Trinajstić information content (AvgIpc) is 2.54. The van der Waals surface area contributed by atoms with E-state index in [0.29, 0.717) is 0 Å². The van der Waals surface area contributed by atoms with Gasteiger partial charge in [0.15, 0.2) is 0 Å². The van der Waals surface area contributed by atoms with Crippen LogP contribution in [0.4, 0.5) is 0 Å². The molecule has 0 heterocycles. The predicted molar refractivity (Wildman–Crippen MR) is 99.7 cm³/mol. The van der Waals surface area contributed by atoms with Gasteiger partial charge in [-0.3, -0.25) is 0 Å². The first-order valence-corrected chi connectivity index (χ1v) is 9.64. The third-order valence-corrected chi connectivity index (χ3v) is 4.06. The Bertz CT molecular complexity index is 200. The molecule has 0 aliphatic carbocycles. The van der Waals surface area contributed by atoms with Gasteiger partial charge >= 0.3 is 0 Å². The molecule has 0 saturated heterocycles. The van der Waals surface area contributed by atoms with Gasteiger partial charge in [-0.2, -0.15) is 0 Å². The molecule has 0 bridgehead atoms. The fourth-order valence-corrected chi connectivity index (χ4v) is 2.27. The Kier molecular flexibility index (Phi) is 18.8. The van der Waals surface area contributed by atoms with Gasteiger partial charge in [0, 0.05) is 0 Å². The van der Waals surface area contributed by atoms with E-state index >= 15 is 0 Å². The van der Waals surface area contributed by atoms with Crippen LogP contribution >= 0.6 is 0 Å². The minimum Gasteiger partial charge on any atom is -0.317 e. The summed E-state index contributed by atoms with van der Waals surface area (Å²) < 4.78 is 0. The molecule has 0 saturated carbocycles. The number of hydrogen-bond donors (Lipinski definition) is 4. The molecule has 1 atom stereocenters. The van der Waals surface area contributed by atoms with Crippen molar-refractivity contribution in [3.8, 4) is 0 Å². The lowest BCUT2D eigenvalue weighted by atomic mass is 10.1. The Hall–Kier alpha value is -0.160. The van der Waals surface area contributed by atoms with E-state index in [1.165, 1.54) is 51.6 Å². The highest BCUT2D eigenvalue weighted by atomic mass is 14.9. The maximum atomic E-state index is 3.54. The lowest BCUT2D eigenvalue weighted by Crippen LogP contribution is -2.26. The lowest BCUT2D eigenvalue weighted by Gasteiger charge is -2.10. The van der Waals surface area contributed by atoms with Crippen molar-refractivity contribution >= 4 is 0 Å². The minimum atomic E-state index is 0.810. The molecule has 0 aromatic carbocycles. The molecule has 4 N–H and O–H groups in total. The zero-order valence-electron chi connectivity index (χ0n) is 15.5. The molecule has 0 aromatic heterocycles. The van der Waals surface area contributed by atoms with Gasteiger partial charge in [-0.15, -0.1) is 0 Å². The molecule has 22 heavy (non-hydrogen) atoms. The second-order valence-corrected chi connectivity index (χ2v) is 6.34. The van der Waals surface area contributed by atoms with Gasteiger partial charge in [0.25, 0.3) is 0 Å². The van der Waals surface area contributed by atoms with Crippen LogP contribution in [-0.2, 0) is 0 Å². The molecule has 1 unspecified atom stereocenters. The van der Waals surface area contributed by atoms with Crippen LogP contribution in [0.2, 0.25) is 0 Å². The van der Waals surface area contributed by atoms with E-state index in [1.807, 2.05) is 0 Å². The fourth-order valence-electron chi connectivity index (χ4n) is 2.27. The molecule has 0 aromatic rings. The van der Waals surface area contributed by atoms with Gasteiger partial charge < -0.3 is 21.3 Å². The largest absolute Gasteiger partial charge is 0.317 e. The summed E-state index contributed by atoms with van der Waals surface area (Å²) in [7, 11) is 0. The van der Waals surface area contributed by atoms with Gasteiger partial charge in [0.05, 0.1) is 0 Å². The Morgan fingerprint density at radius 2 is 1.09 bits per heavy atom. The van der Waals surface area contributed by atoms with E-state index in [-0.39, 0.29) is 0 Å². The number of rotatable bonds is 18. The number of nitrogens with one attached hydrogen (secondary N) is 4. The third kappa shape index (κ3) is 17.9. The van der Waals surface area contributed by atoms with E-state index < -0.39 is 0 Å². The van der Waals surface area contributed by atoms with Crippen molar-refractivity contribution in [2.45, 2.75) is 59.3 Å². The Morgan fingerprint density at radius 1 is 0.591 bits per heavy atom. The molecule has 0 fully saturated rings. The summed E-state index contributed by atoms with van der Waals surface area (Å²) in [5, 5.41) is 13.9. The van der Waals surface area contributed by atoms with Crippen LogP contribution in [0.5, 0.6) is 0 Å². The van der Waals surface area contributed by atoms with Gasteiger partial charge in [-0.25, -0.2) is 0 Å². The molecule has 0 rings (SSSR count). The van der Waals surface area contributed by atoms with Crippen LogP contribution in [-0.4, -0.2) is 52.4 Å². The number of hydrogen-bond acceptors (Lipinski definition) is 4. The van der Waals surface area contributed by atoms with E-state index in [9.17, 15) is 0 Å². The van der Waals surface area contributed by atoms with Crippen molar-refractivity contribution in [2.75, 3.05) is 52.4 Å². The normalized spacial score (nSPS) is 12.7.